The molecule has 2 fully saturated rings. The predicted molar refractivity (Wildman–Crippen MR) is 68.6 cm³/mol. The molecule has 2 rings (SSSR count). The van der Waals surface area contributed by atoms with E-state index < -0.39 is 5.41 Å². The Morgan fingerprint density at radius 2 is 1.88 bits per heavy atom. The Morgan fingerprint density at radius 1 is 1.35 bits per heavy atom. The number of carbonyl (C=O) groups excluding carboxylic acids is 1. The van der Waals surface area contributed by atoms with E-state index in [0.717, 1.165) is 6.54 Å². The third-order valence-electron chi connectivity index (χ3n) is 4.54. The Hall–Kier alpha value is -0.610. The van der Waals surface area contributed by atoms with E-state index in [2.05, 4.69) is 10.2 Å². The van der Waals surface area contributed by atoms with Gasteiger partial charge in [0.25, 0.3) is 0 Å². The highest BCUT2D eigenvalue weighted by Gasteiger charge is 2.43. The van der Waals surface area contributed by atoms with Crippen molar-refractivity contribution in [2.24, 2.45) is 11.1 Å². The summed E-state index contributed by atoms with van der Waals surface area (Å²) >= 11 is 0. The first-order valence-electron chi connectivity index (χ1n) is 6.67. The summed E-state index contributed by atoms with van der Waals surface area (Å²) in [5, 5.41) is 3.39. The van der Waals surface area contributed by atoms with E-state index in [1.54, 1.807) is 0 Å². The third kappa shape index (κ3) is 2.47. The van der Waals surface area contributed by atoms with E-state index in [0.29, 0.717) is 18.1 Å². The summed E-state index contributed by atoms with van der Waals surface area (Å²) in [6.07, 6.45) is 4.97. The van der Waals surface area contributed by atoms with Gasteiger partial charge < -0.3 is 11.1 Å². The van der Waals surface area contributed by atoms with Crippen LogP contribution < -0.4 is 11.1 Å². The molecule has 2 unspecified atom stereocenters. The van der Waals surface area contributed by atoms with Crippen molar-refractivity contribution in [1.82, 2.24) is 10.2 Å². The highest BCUT2D eigenvalue weighted by molar-refractivity contribution is 5.80. The molecule has 2 aliphatic heterocycles. The van der Waals surface area contributed by atoms with Crippen LogP contribution in [0.15, 0.2) is 0 Å². The van der Waals surface area contributed by atoms with Crippen LogP contribution >= 0.6 is 0 Å². The van der Waals surface area contributed by atoms with E-state index in [9.17, 15) is 4.79 Å². The Kier molecular flexibility index (Phi) is 3.46. The van der Waals surface area contributed by atoms with Crippen molar-refractivity contribution < 1.29 is 4.79 Å². The minimum atomic E-state index is -0.409. The van der Waals surface area contributed by atoms with Crippen LogP contribution in [0.1, 0.15) is 39.5 Å². The van der Waals surface area contributed by atoms with Crippen LogP contribution in [-0.4, -0.2) is 42.5 Å². The maximum Gasteiger partial charge on any atom is 0.224 e. The lowest BCUT2D eigenvalue weighted by molar-refractivity contribution is -0.127. The van der Waals surface area contributed by atoms with Crippen molar-refractivity contribution in [3.63, 3.8) is 0 Å². The van der Waals surface area contributed by atoms with Crippen LogP contribution in [0.3, 0.4) is 0 Å². The molecule has 2 atom stereocenters. The molecule has 2 heterocycles. The van der Waals surface area contributed by atoms with Gasteiger partial charge in [-0.15, -0.1) is 0 Å². The van der Waals surface area contributed by atoms with Crippen LogP contribution in [0.4, 0.5) is 0 Å². The molecule has 0 spiro atoms. The first kappa shape index (κ1) is 12.8. The molecule has 2 saturated heterocycles. The average molecular weight is 239 g/mol. The Labute approximate surface area is 104 Å². The van der Waals surface area contributed by atoms with Gasteiger partial charge in [0.2, 0.25) is 5.91 Å². The minimum absolute atomic E-state index is 0.187. The van der Waals surface area contributed by atoms with Gasteiger partial charge >= 0.3 is 0 Å². The zero-order valence-corrected chi connectivity index (χ0v) is 11.2. The van der Waals surface area contributed by atoms with Crippen molar-refractivity contribution in [3.05, 3.63) is 0 Å². The van der Waals surface area contributed by atoms with E-state index in [1.807, 2.05) is 20.9 Å². The topological polar surface area (TPSA) is 58.4 Å². The fourth-order valence-corrected chi connectivity index (χ4v) is 3.30. The Morgan fingerprint density at radius 3 is 2.29 bits per heavy atom. The van der Waals surface area contributed by atoms with Crippen LogP contribution in [0, 0.1) is 5.41 Å². The zero-order valence-electron chi connectivity index (χ0n) is 11.2. The van der Waals surface area contributed by atoms with Gasteiger partial charge in [0.15, 0.2) is 0 Å². The lowest BCUT2D eigenvalue weighted by Crippen LogP contribution is -2.53. The smallest absolute Gasteiger partial charge is 0.224 e. The molecular formula is C13H25N3O. The molecule has 3 N–H and O–H groups in total. The maximum absolute atomic E-state index is 11.4. The van der Waals surface area contributed by atoms with Gasteiger partial charge in [-0.1, -0.05) is 0 Å². The number of nitrogens with zero attached hydrogens (tertiary/aromatic N) is 1. The van der Waals surface area contributed by atoms with Crippen molar-refractivity contribution >= 4 is 5.91 Å². The monoisotopic (exact) mass is 239 g/mol. The standard InChI is InChI=1S/C13H25N3O/c1-13(2,12(14)17)8-16-10-4-5-11(16)7-9(6-10)15-3/h9-11,15H,4-8H2,1-3H3,(H2,14,17). The lowest BCUT2D eigenvalue weighted by Gasteiger charge is -2.42. The number of hydrogen-bond donors (Lipinski definition) is 2. The lowest BCUT2D eigenvalue weighted by atomic mass is 9.88. The zero-order chi connectivity index (χ0) is 12.6. The number of amides is 1. The normalized spacial score (nSPS) is 33.9. The highest BCUT2D eigenvalue weighted by atomic mass is 16.1. The fourth-order valence-electron chi connectivity index (χ4n) is 3.30. The van der Waals surface area contributed by atoms with Crippen LogP contribution in [0.5, 0.6) is 0 Å². The molecule has 0 saturated carbocycles. The molecular weight excluding hydrogens is 214 g/mol. The first-order valence-corrected chi connectivity index (χ1v) is 6.67. The van der Waals surface area contributed by atoms with Crippen molar-refractivity contribution in [1.29, 1.82) is 0 Å². The molecule has 0 aromatic rings. The molecule has 4 heteroatoms. The summed E-state index contributed by atoms with van der Waals surface area (Å²) in [4.78, 5) is 14.0. The summed E-state index contributed by atoms with van der Waals surface area (Å²) < 4.78 is 0. The SMILES string of the molecule is CNC1CC2CCC(C1)N2CC(C)(C)C(N)=O. The molecule has 0 aromatic heterocycles. The third-order valence-corrected chi connectivity index (χ3v) is 4.54. The fraction of sp³-hybridized carbons (Fsp3) is 0.923. The number of carbonyl (C=O) groups is 1. The van der Waals surface area contributed by atoms with Crippen molar-refractivity contribution in [2.75, 3.05) is 13.6 Å². The number of hydrogen-bond acceptors (Lipinski definition) is 3. The number of nitrogens with two attached hydrogens (primary N) is 1. The Bertz CT molecular complexity index is 289. The second-order valence-corrected chi connectivity index (χ2v) is 6.26. The number of piperidine rings is 1. The highest BCUT2D eigenvalue weighted by Crippen LogP contribution is 2.37. The van der Waals surface area contributed by atoms with E-state index in [1.165, 1.54) is 25.7 Å². The van der Waals surface area contributed by atoms with E-state index in [-0.39, 0.29) is 5.91 Å². The van der Waals surface area contributed by atoms with Crippen molar-refractivity contribution in [3.8, 4) is 0 Å². The number of primary amides is 1. The van der Waals surface area contributed by atoms with Crippen LogP contribution in [0.2, 0.25) is 0 Å². The summed E-state index contributed by atoms with van der Waals surface area (Å²) in [7, 11) is 2.05. The number of nitrogens with one attached hydrogen (secondary N) is 1. The number of fused-ring (bicyclic) bond motifs is 2. The average Bonchev–Trinajstić information content (AvgIpc) is 2.51. The molecule has 17 heavy (non-hydrogen) atoms. The molecule has 0 aliphatic carbocycles. The van der Waals surface area contributed by atoms with Gasteiger partial charge in [-0.25, -0.2) is 0 Å². The summed E-state index contributed by atoms with van der Waals surface area (Å²) in [6.45, 7) is 4.73. The van der Waals surface area contributed by atoms with Crippen LogP contribution in [-0.2, 0) is 4.79 Å². The molecule has 0 aromatic carbocycles. The quantitative estimate of drug-likeness (QED) is 0.760. The maximum atomic E-state index is 11.4. The van der Waals surface area contributed by atoms with Crippen LogP contribution in [0.25, 0.3) is 0 Å². The number of rotatable bonds is 4. The largest absolute Gasteiger partial charge is 0.369 e. The molecule has 0 radical (unpaired) electrons. The molecule has 2 aliphatic rings. The van der Waals surface area contributed by atoms with Gasteiger partial charge in [0.1, 0.15) is 0 Å². The molecule has 2 bridgehead atoms. The van der Waals surface area contributed by atoms with E-state index in [4.69, 9.17) is 5.73 Å². The van der Waals surface area contributed by atoms with Gasteiger partial charge in [-0.2, -0.15) is 0 Å². The summed E-state index contributed by atoms with van der Waals surface area (Å²) in [5.41, 5.74) is 5.06. The predicted octanol–water partition coefficient (Wildman–Crippen LogP) is 0.713. The van der Waals surface area contributed by atoms with E-state index >= 15 is 0 Å². The van der Waals surface area contributed by atoms with Gasteiger partial charge in [0.05, 0.1) is 5.41 Å². The van der Waals surface area contributed by atoms with Crippen molar-refractivity contribution in [2.45, 2.75) is 57.7 Å². The molecule has 1 amide bonds. The minimum Gasteiger partial charge on any atom is -0.369 e. The second-order valence-electron chi connectivity index (χ2n) is 6.26. The Balaban J connectivity index is 2.02. The summed E-state index contributed by atoms with van der Waals surface area (Å²) in [5.74, 6) is -0.187. The molecule has 4 nitrogen and oxygen atoms in total. The first-order chi connectivity index (χ1) is 7.94. The second kappa shape index (κ2) is 4.58. The summed E-state index contributed by atoms with van der Waals surface area (Å²) in [6, 6.07) is 1.94. The molecule has 98 valence electrons. The van der Waals surface area contributed by atoms with Gasteiger partial charge in [-0.3, -0.25) is 9.69 Å². The van der Waals surface area contributed by atoms with Gasteiger partial charge in [0, 0.05) is 24.7 Å². The van der Waals surface area contributed by atoms with Gasteiger partial charge in [-0.05, 0) is 46.6 Å².